The Hall–Kier alpha value is 0.955. The summed E-state index contributed by atoms with van der Waals surface area (Å²) in [5.41, 5.74) is 0. The van der Waals surface area contributed by atoms with Crippen molar-refractivity contribution in [2.75, 3.05) is 0 Å². The normalized spacial score (nSPS) is 14.8. The third-order valence-corrected chi connectivity index (χ3v) is 32.7. The minimum atomic E-state index is -2.10. The number of hydrogen-bond acceptors (Lipinski definition) is 1. The Bertz CT molecular complexity index is 781. The molecule has 0 unspecified atom stereocenters. The molecule has 0 heterocycles. The number of unbranched alkanes of at least 4 members (excludes halogenated alkanes) is 3. The third kappa shape index (κ3) is 14.0. The Morgan fingerprint density at radius 1 is 0.408 bits per heavy atom. The van der Waals surface area contributed by atoms with Gasteiger partial charge in [-0.25, -0.2) is 0 Å². The molecule has 0 fully saturated rings. The van der Waals surface area contributed by atoms with Crippen LogP contribution in [0, 0.1) is 6.92 Å². The summed E-state index contributed by atoms with van der Waals surface area (Å²) in [6.07, 6.45) is 5.07. The summed E-state index contributed by atoms with van der Waals surface area (Å²) >= 11 is 2.51. The fourth-order valence-corrected chi connectivity index (χ4v) is 36.4. The first-order chi connectivity index (χ1) is 20.7. The molecular formula is C42H96N3Si3V-3. The second-order valence-electron chi connectivity index (χ2n) is 24.1. The fraction of sp³-hybridized carbons (Fsp3) is 0.976. The number of hydrogen-bond donors (Lipinski definition) is 0. The molecule has 7 heteroatoms. The molecule has 0 aromatic rings. The number of rotatable bonds is 4. The van der Waals surface area contributed by atoms with Crippen molar-refractivity contribution >= 4 is 24.7 Å². The van der Waals surface area contributed by atoms with E-state index in [1.54, 1.807) is 0 Å². The topological polar surface area (TPSA) is 60.0 Å². The molecule has 3 nitrogen and oxygen atoms in total. The van der Waals surface area contributed by atoms with E-state index in [0.29, 0.717) is 0 Å². The first-order valence-corrected chi connectivity index (χ1v) is 26.0. The number of nitrogens with one attached hydrogen (secondary N) is 2. The van der Waals surface area contributed by atoms with Crippen molar-refractivity contribution in [2.24, 2.45) is 3.46 Å². The van der Waals surface area contributed by atoms with Gasteiger partial charge in [-0.1, -0.05) is 181 Å². The van der Waals surface area contributed by atoms with E-state index >= 15 is 0 Å². The van der Waals surface area contributed by atoms with Crippen molar-refractivity contribution < 1.29 is 17.2 Å². The number of nitrogens with zero attached hydrogens (tertiary/aromatic N) is 1. The molecule has 0 aromatic carbocycles. The van der Waals surface area contributed by atoms with Gasteiger partial charge in [-0.15, -0.1) is 0 Å². The largest absolute Gasteiger partial charge is 0.343 e. The van der Waals surface area contributed by atoms with E-state index in [0.717, 1.165) is 6.42 Å². The SMILES string of the molecule is CC(C)(C)[Si]([NH-])(C(C)(C)C)C(C)(C)C.CC(C)(C)[Si]([NH-])(C(C)(C)C)C(C)(C)C.CC(C)(C)[Si]([N]=[V])(C(C)(C)C)C(C)(C)C.[CH2-]CCCCC. The quantitative estimate of drug-likeness (QED) is 0.155. The van der Waals surface area contributed by atoms with Gasteiger partial charge in [0.15, 0.2) is 0 Å². The van der Waals surface area contributed by atoms with Crippen LogP contribution < -0.4 is 0 Å². The van der Waals surface area contributed by atoms with Crippen LogP contribution >= 0.6 is 0 Å². The van der Waals surface area contributed by atoms with Gasteiger partial charge in [0.2, 0.25) is 0 Å². The molecule has 0 rings (SSSR count). The van der Waals surface area contributed by atoms with Crippen LogP contribution in [0.4, 0.5) is 0 Å². The van der Waals surface area contributed by atoms with Gasteiger partial charge in [-0.05, 0) is 16.5 Å². The van der Waals surface area contributed by atoms with E-state index in [-0.39, 0.29) is 45.3 Å². The summed E-state index contributed by atoms with van der Waals surface area (Å²) < 4.78 is 4.91. The second kappa shape index (κ2) is 18.5. The molecule has 49 heavy (non-hydrogen) atoms. The van der Waals surface area contributed by atoms with Crippen LogP contribution in [-0.4, -0.2) is 24.7 Å². The summed E-state index contributed by atoms with van der Waals surface area (Å²) in [7, 11) is -5.99. The van der Waals surface area contributed by atoms with Crippen LogP contribution in [0.5, 0.6) is 0 Å². The average molecular weight is 778 g/mol. The third-order valence-electron chi connectivity index (χ3n) is 11.0. The molecule has 0 atom stereocenters. The van der Waals surface area contributed by atoms with Crippen molar-refractivity contribution in [1.29, 1.82) is 0 Å². The zero-order chi connectivity index (χ0) is 41.5. The molecule has 0 aromatic heterocycles. The minimum absolute atomic E-state index is 0.128. The Balaban J connectivity index is -0.000000286. The van der Waals surface area contributed by atoms with E-state index in [2.05, 4.69) is 218 Å². The van der Waals surface area contributed by atoms with Gasteiger partial charge >= 0.3 is 106 Å². The molecule has 299 valence electrons. The van der Waals surface area contributed by atoms with E-state index in [1.807, 2.05) is 0 Å². The van der Waals surface area contributed by atoms with Crippen molar-refractivity contribution in [3.63, 3.8) is 0 Å². The van der Waals surface area contributed by atoms with E-state index in [1.165, 1.54) is 19.3 Å². The molecule has 0 aliphatic carbocycles. The van der Waals surface area contributed by atoms with Crippen LogP contribution in [0.1, 0.15) is 220 Å². The maximum atomic E-state index is 9.01. The summed E-state index contributed by atoms with van der Waals surface area (Å²) in [6.45, 7) is 67.4. The summed E-state index contributed by atoms with van der Waals surface area (Å²) in [4.78, 5) is 0. The van der Waals surface area contributed by atoms with E-state index in [9.17, 15) is 0 Å². The van der Waals surface area contributed by atoms with Crippen molar-refractivity contribution in [2.45, 2.75) is 265 Å². The predicted molar refractivity (Wildman–Crippen MR) is 235 cm³/mol. The van der Waals surface area contributed by atoms with Crippen molar-refractivity contribution in [3.8, 4) is 0 Å². The molecule has 0 saturated heterocycles. The van der Waals surface area contributed by atoms with Crippen LogP contribution in [0.3, 0.4) is 0 Å². The van der Waals surface area contributed by atoms with Crippen LogP contribution in [0.2, 0.25) is 45.3 Å². The summed E-state index contributed by atoms with van der Waals surface area (Å²) in [5, 5.41) is 19.7. The molecule has 2 N–H and O–H groups in total. The van der Waals surface area contributed by atoms with Crippen LogP contribution in [0.15, 0.2) is 3.46 Å². The maximum absolute atomic E-state index is 9.01. The van der Waals surface area contributed by atoms with Gasteiger partial charge in [0.05, 0.1) is 0 Å². The van der Waals surface area contributed by atoms with Gasteiger partial charge in [0.25, 0.3) is 0 Å². The monoisotopic (exact) mass is 778 g/mol. The zero-order valence-electron chi connectivity index (χ0n) is 39.4. The molecule has 0 aliphatic heterocycles. The van der Waals surface area contributed by atoms with Crippen LogP contribution in [0.25, 0.3) is 10.8 Å². The standard InChI is InChI=1S/2C12H28NSi.C12H27NSi.C6H13.V/c3*1-10(2,3)14(13,11(4,5)6)12(7,8)9;1-3-5-6-4-2;/h2*13H,1-9H3;1-9H3;1,3-6H2,2H3;/q2*-1;;-1;. The predicted octanol–water partition coefficient (Wildman–Crippen LogP) is 18.2. The molecule has 0 radical (unpaired) electrons. The van der Waals surface area contributed by atoms with Crippen LogP contribution in [-0.2, 0) is 17.2 Å². The first-order valence-electron chi connectivity index (χ1n) is 19.4. The molecule has 0 saturated carbocycles. The maximum Gasteiger partial charge on any atom is -0.0560 e. The summed E-state index contributed by atoms with van der Waals surface area (Å²) in [5.74, 6) is 0. The average Bonchev–Trinajstić information content (AvgIpc) is 2.76. The first kappa shape index (κ1) is 56.7. The van der Waals surface area contributed by atoms with Gasteiger partial charge in [0.1, 0.15) is 0 Å². The summed E-state index contributed by atoms with van der Waals surface area (Å²) in [6, 6.07) is 0. The fourth-order valence-electron chi connectivity index (χ4n) is 11.0. The molecule has 0 spiro atoms. The van der Waals surface area contributed by atoms with Gasteiger partial charge in [0, 0.05) is 0 Å². The Morgan fingerprint density at radius 3 is 0.612 bits per heavy atom. The molecular weight excluding hydrogens is 682 g/mol. The Morgan fingerprint density at radius 2 is 0.592 bits per heavy atom. The Labute approximate surface area is 326 Å². The Kier molecular flexibility index (Phi) is 21.4. The van der Waals surface area contributed by atoms with E-state index in [4.69, 9.17) is 14.3 Å². The van der Waals surface area contributed by atoms with Gasteiger partial charge in [-0.2, -0.15) is 6.42 Å². The second-order valence-corrected chi connectivity index (χ2v) is 43.2. The van der Waals surface area contributed by atoms with Crippen molar-refractivity contribution in [3.05, 3.63) is 17.7 Å². The molecule has 0 bridgehead atoms. The van der Waals surface area contributed by atoms with Gasteiger partial charge in [-0.3, -0.25) is 0 Å². The van der Waals surface area contributed by atoms with Gasteiger partial charge < -0.3 is 17.7 Å². The van der Waals surface area contributed by atoms with E-state index < -0.39 is 24.7 Å². The smallest absolute Gasteiger partial charge is 0.0560 e. The zero-order valence-corrected chi connectivity index (χ0v) is 43.8. The van der Waals surface area contributed by atoms with Crippen molar-refractivity contribution in [1.82, 2.24) is 0 Å². The molecule has 0 aliphatic rings. The minimum Gasteiger partial charge on any atom is -0.343 e. The molecule has 0 amide bonds.